The predicted molar refractivity (Wildman–Crippen MR) is 224 cm³/mol. The first-order valence-electron chi connectivity index (χ1n) is 18.0. The maximum Gasteiger partial charge on any atom is 0.164 e. The van der Waals surface area contributed by atoms with Gasteiger partial charge >= 0.3 is 0 Å². The van der Waals surface area contributed by atoms with E-state index in [2.05, 4.69) is 150 Å². The van der Waals surface area contributed by atoms with Gasteiger partial charge in [0.1, 0.15) is 0 Å². The van der Waals surface area contributed by atoms with Gasteiger partial charge in [0.25, 0.3) is 0 Å². The molecule has 5 nitrogen and oxygen atoms in total. The van der Waals surface area contributed by atoms with Gasteiger partial charge in [0.05, 0.1) is 26.9 Å². The summed E-state index contributed by atoms with van der Waals surface area (Å²) in [6.45, 7) is 0. The molecule has 11 aromatic rings. The summed E-state index contributed by atoms with van der Waals surface area (Å²) >= 11 is 1.81. The van der Waals surface area contributed by atoms with E-state index in [1.54, 1.807) is 0 Å². The summed E-state index contributed by atoms with van der Waals surface area (Å²) in [7, 11) is 0. The van der Waals surface area contributed by atoms with Crippen LogP contribution in [0.25, 0.3) is 104 Å². The topological polar surface area (TPSA) is 56.5 Å². The Labute approximate surface area is 314 Å². The Morgan fingerprint density at radius 3 is 1.59 bits per heavy atom. The second-order valence-corrected chi connectivity index (χ2v) is 14.5. The van der Waals surface area contributed by atoms with Gasteiger partial charge in [-0.25, -0.2) is 19.9 Å². The zero-order valence-electron chi connectivity index (χ0n) is 28.9. The van der Waals surface area contributed by atoms with Gasteiger partial charge in [-0.2, -0.15) is 0 Å². The fourth-order valence-electron chi connectivity index (χ4n) is 7.72. The highest BCUT2D eigenvalue weighted by molar-refractivity contribution is 7.26. The highest BCUT2D eigenvalue weighted by Gasteiger charge is 2.18. The monoisotopic (exact) mass is 707 g/mol. The molecule has 0 bridgehead atoms. The van der Waals surface area contributed by atoms with Gasteiger partial charge in [-0.3, -0.25) is 0 Å². The van der Waals surface area contributed by atoms with Gasteiger partial charge < -0.3 is 4.57 Å². The molecule has 252 valence electrons. The molecule has 6 heteroatoms. The SMILES string of the molecule is c1ccc(-c2nc(-c3ccc(-c4nc5c6ccccc6sc5c5ccccc45)cc3)nc(-c3cccc(-n4c5ccccc5c5ccccc54)c3)n2)cc1. The summed E-state index contributed by atoms with van der Waals surface area (Å²) in [5.74, 6) is 1.86. The Balaban J connectivity index is 1.05. The number of para-hydroxylation sites is 2. The van der Waals surface area contributed by atoms with E-state index in [1.807, 2.05) is 41.7 Å². The molecule has 0 unspecified atom stereocenters. The first-order valence-corrected chi connectivity index (χ1v) is 18.8. The summed E-state index contributed by atoms with van der Waals surface area (Å²) in [5, 5.41) is 6.00. The van der Waals surface area contributed by atoms with Crippen LogP contribution in [0.2, 0.25) is 0 Å². The normalized spacial score (nSPS) is 11.7. The van der Waals surface area contributed by atoms with Crippen LogP contribution < -0.4 is 0 Å². The summed E-state index contributed by atoms with van der Waals surface area (Å²) < 4.78 is 4.79. The van der Waals surface area contributed by atoms with E-state index >= 15 is 0 Å². The van der Waals surface area contributed by atoms with E-state index in [0.29, 0.717) is 17.5 Å². The molecule has 11 rings (SSSR count). The Morgan fingerprint density at radius 1 is 0.370 bits per heavy atom. The van der Waals surface area contributed by atoms with Crippen molar-refractivity contribution in [1.29, 1.82) is 0 Å². The van der Waals surface area contributed by atoms with Gasteiger partial charge in [-0.05, 0) is 30.3 Å². The molecule has 0 fully saturated rings. The van der Waals surface area contributed by atoms with Crippen molar-refractivity contribution in [2.75, 3.05) is 0 Å². The van der Waals surface area contributed by atoms with Crippen molar-refractivity contribution < 1.29 is 0 Å². The van der Waals surface area contributed by atoms with Crippen molar-refractivity contribution in [1.82, 2.24) is 24.5 Å². The minimum Gasteiger partial charge on any atom is -0.309 e. The van der Waals surface area contributed by atoms with Crippen molar-refractivity contribution in [3.63, 3.8) is 0 Å². The van der Waals surface area contributed by atoms with Crippen LogP contribution >= 0.6 is 11.3 Å². The van der Waals surface area contributed by atoms with Crippen molar-refractivity contribution in [2.45, 2.75) is 0 Å². The van der Waals surface area contributed by atoms with Crippen LogP contribution in [-0.2, 0) is 0 Å². The molecule has 0 atom stereocenters. The minimum absolute atomic E-state index is 0.616. The molecule has 0 saturated heterocycles. The molecular weight excluding hydrogens is 679 g/mol. The van der Waals surface area contributed by atoms with Crippen LogP contribution in [0.1, 0.15) is 0 Å². The van der Waals surface area contributed by atoms with Gasteiger partial charge in [-0.1, -0.05) is 146 Å². The number of pyridine rings is 1. The summed E-state index contributed by atoms with van der Waals surface area (Å²) in [4.78, 5) is 20.5. The molecule has 0 aliphatic rings. The molecule has 0 radical (unpaired) electrons. The third-order valence-electron chi connectivity index (χ3n) is 10.2. The molecular formula is C48H29N5S. The predicted octanol–water partition coefficient (Wildman–Crippen LogP) is 12.6. The van der Waals surface area contributed by atoms with Crippen LogP contribution in [0.15, 0.2) is 176 Å². The number of hydrogen-bond acceptors (Lipinski definition) is 5. The van der Waals surface area contributed by atoms with E-state index in [-0.39, 0.29) is 0 Å². The van der Waals surface area contributed by atoms with E-state index in [9.17, 15) is 0 Å². The Hall–Kier alpha value is -7.02. The van der Waals surface area contributed by atoms with E-state index < -0.39 is 0 Å². The fraction of sp³-hybridized carbons (Fsp3) is 0. The lowest BCUT2D eigenvalue weighted by molar-refractivity contribution is 1.07. The van der Waals surface area contributed by atoms with Crippen LogP contribution in [0.5, 0.6) is 0 Å². The summed E-state index contributed by atoms with van der Waals surface area (Å²) in [6.07, 6.45) is 0. The van der Waals surface area contributed by atoms with Gasteiger partial charge in [0.2, 0.25) is 0 Å². The van der Waals surface area contributed by atoms with E-state index in [1.165, 1.54) is 30.9 Å². The second kappa shape index (κ2) is 12.3. The number of aromatic nitrogens is 5. The molecule has 4 aromatic heterocycles. The number of rotatable bonds is 5. The molecule has 0 saturated carbocycles. The standard InChI is InChI=1S/C48H29N5S/c1-2-13-31(14-3-1)46-50-47(52-48(51-46)33-15-12-16-34(29-33)53-40-22-9-6-17-35(40)36-18-7-10-23-41(36)53)32-27-25-30(26-28-32)43-37-19-4-5-20-38(37)45-44(49-43)39-21-8-11-24-42(39)54-45/h1-29H. The first-order chi connectivity index (χ1) is 26.8. The van der Waals surface area contributed by atoms with Crippen LogP contribution in [0.3, 0.4) is 0 Å². The summed E-state index contributed by atoms with van der Waals surface area (Å²) in [6, 6.07) is 61.3. The van der Waals surface area contributed by atoms with Crippen LogP contribution in [0, 0.1) is 0 Å². The quantitative estimate of drug-likeness (QED) is 0.179. The maximum atomic E-state index is 5.31. The van der Waals surface area contributed by atoms with Crippen LogP contribution in [0.4, 0.5) is 0 Å². The van der Waals surface area contributed by atoms with Gasteiger partial charge in [0, 0.05) is 59.6 Å². The van der Waals surface area contributed by atoms with Crippen molar-refractivity contribution >= 4 is 64.2 Å². The first kappa shape index (κ1) is 30.6. The minimum atomic E-state index is 0.616. The van der Waals surface area contributed by atoms with Gasteiger partial charge in [-0.15, -0.1) is 11.3 Å². The summed E-state index contributed by atoms with van der Waals surface area (Å²) in [5.41, 5.74) is 9.18. The van der Waals surface area contributed by atoms with Gasteiger partial charge in [0.15, 0.2) is 17.5 Å². The van der Waals surface area contributed by atoms with E-state index in [0.717, 1.165) is 55.6 Å². The average Bonchev–Trinajstić information content (AvgIpc) is 3.80. The molecule has 0 N–H and O–H groups in total. The third kappa shape index (κ3) is 4.92. The van der Waals surface area contributed by atoms with E-state index in [4.69, 9.17) is 19.9 Å². The highest BCUT2D eigenvalue weighted by Crippen LogP contribution is 2.41. The number of nitrogens with zero attached hydrogens (tertiary/aromatic N) is 5. The fourth-order valence-corrected chi connectivity index (χ4v) is 8.90. The lowest BCUT2D eigenvalue weighted by Crippen LogP contribution is -2.01. The molecule has 4 heterocycles. The number of benzene rings is 7. The highest BCUT2D eigenvalue weighted by atomic mass is 32.1. The maximum absolute atomic E-state index is 5.31. The molecule has 7 aromatic carbocycles. The molecule has 0 aliphatic heterocycles. The Morgan fingerprint density at radius 2 is 0.889 bits per heavy atom. The molecule has 0 spiro atoms. The molecule has 0 amide bonds. The second-order valence-electron chi connectivity index (χ2n) is 13.5. The lowest BCUT2D eigenvalue weighted by Gasteiger charge is -2.12. The number of fused-ring (bicyclic) bond motifs is 8. The Bertz CT molecular complexity index is 3160. The molecule has 0 aliphatic carbocycles. The average molecular weight is 708 g/mol. The van der Waals surface area contributed by atoms with Crippen molar-refractivity contribution in [3.05, 3.63) is 176 Å². The largest absolute Gasteiger partial charge is 0.309 e. The number of hydrogen-bond donors (Lipinski definition) is 0. The zero-order valence-corrected chi connectivity index (χ0v) is 29.7. The molecule has 54 heavy (non-hydrogen) atoms. The zero-order chi connectivity index (χ0) is 35.6. The lowest BCUT2D eigenvalue weighted by atomic mass is 10.0. The Kier molecular flexibility index (Phi) is 6.97. The smallest absolute Gasteiger partial charge is 0.164 e. The van der Waals surface area contributed by atoms with Crippen LogP contribution in [-0.4, -0.2) is 24.5 Å². The number of thiophene rings is 1. The van der Waals surface area contributed by atoms with Crippen molar-refractivity contribution in [2.24, 2.45) is 0 Å². The third-order valence-corrected chi connectivity index (χ3v) is 11.4. The van der Waals surface area contributed by atoms with Crippen molar-refractivity contribution in [3.8, 4) is 51.1 Å².